The maximum Gasteiger partial charge on any atom is 0.331 e. The minimum atomic E-state index is -0.617. The van der Waals surface area contributed by atoms with Crippen LogP contribution in [0.2, 0.25) is 0 Å². The lowest BCUT2D eigenvalue weighted by atomic mass is 10.0. The van der Waals surface area contributed by atoms with Gasteiger partial charge in [-0.2, -0.15) is 0 Å². The molecule has 0 aliphatic rings. The Morgan fingerprint density at radius 3 is 1.39 bits per heavy atom. The molecule has 0 fully saturated rings. The highest BCUT2D eigenvalue weighted by Gasteiger charge is 2.16. The quantitative estimate of drug-likeness (QED) is 0.0591. The van der Waals surface area contributed by atoms with Crippen LogP contribution in [-0.2, 0) is 31.9 Å². The summed E-state index contributed by atoms with van der Waals surface area (Å²) in [6, 6.07) is 23.5. The summed E-state index contributed by atoms with van der Waals surface area (Å²) in [4.78, 5) is 28.4. The summed E-state index contributed by atoms with van der Waals surface area (Å²) in [5.74, 6) is 12.7. The molecule has 4 atom stereocenters. The molecule has 0 amide bonds. The van der Waals surface area contributed by atoms with E-state index in [4.69, 9.17) is 30.4 Å². The number of thiophene rings is 2. The first-order valence-electron chi connectivity index (χ1n) is 18.2. The fraction of sp³-hybridized carbons (Fsp3) is 0.364. The van der Waals surface area contributed by atoms with E-state index in [9.17, 15) is 9.59 Å². The number of ether oxygens (including phenoxy) is 4. The third kappa shape index (κ3) is 14.9. The summed E-state index contributed by atoms with van der Waals surface area (Å²) >= 11 is 3.09. The Balaban J connectivity index is 1.08. The SMILES string of the molecule is CCc1ccc(OCC#Cc2ccc(C(N)C[C@@H](C)COC(=O)/C=C\C(=O)OC[C@H](C)CC(N)c3ccc(C#CCOc4ccc(CC)cc4)s3)s2)cc1. The van der Waals surface area contributed by atoms with Crippen molar-refractivity contribution in [3.63, 3.8) is 0 Å². The molecule has 0 aliphatic carbocycles. The Labute approximate surface area is 327 Å². The van der Waals surface area contributed by atoms with Gasteiger partial charge >= 0.3 is 11.9 Å². The minimum absolute atomic E-state index is 0.00725. The van der Waals surface area contributed by atoms with E-state index in [1.54, 1.807) is 22.7 Å². The van der Waals surface area contributed by atoms with Gasteiger partial charge in [-0.15, -0.1) is 22.7 Å². The molecule has 2 heterocycles. The first-order valence-corrected chi connectivity index (χ1v) is 19.9. The Morgan fingerprint density at radius 1 is 0.630 bits per heavy atom. The van der Waals surface area contributed by atoms with Gasteiger partial charge in [-0.25, -0.2) is 9.59 Å². The molecule has 2 aromatic heterocycles. The highest BCUT2D eigenvalue weighted by Crippen LogP contribution is 2.27. The van der Waals surface area contributed by atoms with Crippen LogP contribution >= 0.6 is 22.7 Å². The molecular weight excluding hydrogens is 717 g/mol. The molecule has 2 aromatic carbocycles. The number of aryl methyl sites for hydroxylation is 2. The van der Waals surface area contributed by atoms with Crippen LogP contribution in [0.25, 0.3) is 0 Å². The molecule has 4 aromatic rings. The number of rotatable bonds is 18. The highest BCUT2D eigenvalue weighted by molar-refractivity contribution is 7.12. The van der Waals surface area contributed by atoms with Crippen LogP contribution in [0.1, 0.15) is 83.3 Å². The molecule has 54 heavy (non-hydrogen) atoms. The van der Waals surface area contributed by atoms with Crippen molar-refractivity contribution < 1.29 is 28.5 Å². The Kier molecular flexibility index (Phi) is 17.4. The predicted octanol–water partition coefficient (Wildman–Crippen LogP) is 8.19. The molecule has 0 bridgehead atoms. The number of nitrogens with two attached hydrogens (primary N) is 2. The second-order valence-corrected chi connectivity index (χ2v) is 15.3. The molecule has 0 saturated heterocycles. The van der Waals surface area contributed by atoms with Crippen molar-refractivity contribution in [1.29, 1.82) is 0 Å². The second kappa shape index (κ2) is 22.4. The first-order chi connectivity index (χ1) is 26.1. The standard InChI is InChI=1S/C44H50N2O6S2/c1-5-33-11-15-35(16-12-33)49-25-7-9-37-19-21-41(53-37)39(45)27-31(3)29-51-43(47)23-24-44(48)52-30-32(4)28-40(46)42-22-20-38(54-42)10-8-26-50-36-17-13-34(6-2)14-18-36/h11-24,31-32,39-40H,5-6,25-30,45-46H2,1-4H3/b24-23-/t31-,32-,39?,40?/m1/s1. The van der Waals surface area contributed by atoms with Crippen LogP contribution < -0.4 is 20.9 Å². The molecule has 0 aliphatic heterocycles. The summed E-state index contributed by atoms with van der Waals surface area (Å²) < 4.78 is 22.1. The predicted molar refractivity (Wildman–Crippen MR) is 218 cm³/mol. The van der Waals surface area contributed by atoms with E-state index >= 15 is 0 Å². The van der Waals surface area contributed by atoms with Crippen molar-refractivity contribution in [2.75, 3.05) is 26.4 Å². The summed E-state index contributed by atoms with van der Waals surface area (Å²) in [5, 5.41) is 0. The maximum absolute atomic E-state index is 12.3. The number of esters is 2. The van der Waals surface area contributed by atoms with Crippen molar-refractivity contribution in [2.45, 2.75) is 65.5 Å². The minimum Gasteiger partial charge on any atom is -0.481 e. The third-order valence-electron chi connectivity index (χ3n) is 8.38. The zero-order valence-electron chi connectivity index (χ0n) is 31.5. The average Bonchev–Trinajstić information content (AvgIpc) is 3.87. The summed E-state index contributed by atoms with van der Waals surface area (Å²) in [5.41, 5.74) is 15.4. The topological polar surface area (TPSA) is 123 Å². The molecule has 4 rings (SSSR count). The van der Waals surface area contributed by atoms with Crippen LogP contribution in [0.3, 0.4) is 0 Å². The van der Waals surface area contributed by atoms with E-state index < -0.39 is 11.9 Å². The summed E-state index contributed by atoms with van der Waals surface area (Å²) in [6.07, 6.45) is 5.39. The molecule has 2 unspecified atom stereocenters. The van der Waals surface area contributed by atoms with E-state index in [2.05, 4.69) is 61.8 Å². The third-order valence-corrected chi connectivity index (χ3v) is 10.6. The van der Waals surface area contributed by atoms with Crippen molar-refractivity contribution >= 4 is 34.6 Å². The van der Waals surface area contributed by atoms with Gasteiger partial charge in [0.25, 0.3) is 0 Å². The smallest absolute Gasteiger partial charge is 0.331 e. The van der Waals surface area contributed by atoms with Crippen LogP contribution in [0.5, 0.6) is 11.5 Å². The van der Waals surface area contributed by atoms with Gasteiger partial charge in [-0.3, -0.25) is 0 Å². The van der Waals surface area contributed by atoms with Gasteiger partial charge in [-0.1, -0.05) is 75.6 Å². The Bertz CT molecular complexity index is 1790. The number of hydrogen-bond donors (Lipinski definition) is 2. The Hall–Kier alpha value is -4.84. The summed E-state index contributed by atoms with van der Waals surface area (Å²) in [7, 11) is 0. The average molecular weight is 767 g/mol. The van der Waals surface area contributed by atoms with Gasteiger partial charge in [-0.05, 0) is 97.2 Å². The van der Waals surface area contributed by atoms with Gasteiger partial charge in [0.1, 0.15) is 24.7 Å². The monoisotopic (exact) mass is 766 g/mol. The highest BCUT2D eigenvalue weighted by atomic mass is 32.1. The van der Waals surface area contributed by atoms with Crippen molar-refractivity contribution in [2.24, 2.45) is 23.3 Å². The fourth-order valence-corrected chi connectivity index (χ4v) is 7.08. The molecule has 0 spiro atoms. The second-order valence-electron chi connectivity index (χ2n) is 13.1. The van der Waals surface area contributed by atoms with Gasteiger partial charge in [0, 0.05) is 34.0 Å². The molecule has 0 saturated carbocycles. The van der Waals surface area contributed by atoms with Crippen molar-refractivity contribution in [3.8, 4) is 35.2 Å². The van der Waals surface area contributed by atoms with E-state index in [-0.39, 0.29) is 37.1 Å². The van der Waals surface area contributed by atoms with Gasteiger partial charge in [0.15, 0.2) is 0 Å². The number of carbonyl (C=O) groups is 2. The number of hydrogen-bond acceptors (Lipinski definition) is 10. The van der Waals surface area contributed by atoms with E-state index in [0.717, 1.165) is 56.0 Å². The zero-order valence-corrected chi connectivity index (χ0v) is 33.1. The molecule has 0 radical (unpaired) electrons. The van der Waals surface area contributed by atoms with E-state index in [0.29, 0.717) is 26.1 Å². The van der Waals surface area contributed by atoms with Gasteiger partial charge in [0.05, 0.1) is 23.0 Å². The molecule has 284 valence electrons. The van der Waals surface area contributed by atoms with Gasteiger partial charge in [0.2, 0.25) is 0 Å². The van der Waals surface area contributed by atoms with E-state index in [1.807, 2.05) is 62.4 Å². The fourth-order valence-electron chi connectivity index (χ4n) is 5.28. The lowest BCUT2D eigenvalue weighted by Gasteiger charge is -2.16. The van der Waals surface area contributed by atoms with Crippen LogP contribution in [0, 0.1) is 35.5 Å². The summed E-state index contributed by atoms with van der Waals surface area (Å²) in [6.45, 7) is 9.11. The number of carbonyl (C=O) groups excluding carboxylic acids is 2. The van der Waals surface area contributed by atoms with E-state index in [1.165, 1.54) is 11.1 Å². The van der Waals surface area contributed by atoms with Crippen molar-refractivity contribution in [1.82, 2.24) is 0 Å². The van der Waals surface area contributed by atoms with Crippen molar-refractivity contribution in [3.05, 3.63) is 116 Å². The largest absolute Gasteiger partial charge is 0.481 e. The molecule has 10 heteroatoms. The normalized spacial score (nSPS) is 13.1. The van der Waals surface area contributed by atoms with Crippen LogP contribution in [0.4, 0.5) is 0 Å². The first kappa shape index (κ1) is 41.9. The number of benzene rings is 2. The lowest BCUT2D eigenvalue weighted by molar-refractivity contribution is -0.141. The van der Waals surface area contributed by atoms with Crippen LogP contribution in [0.15, 0.2) is 84.9 Å². The molecule has 8 nitrogen and oxygen atoms in total. The van der Waals surface area contributed by atoms with Crippen LogP contribution in [-0.4, -0.2) is 38.4 Å². The maximum atomic E-state index is 12.3. The zero-order chi connectivity index (χ0) is 38.7. The molecule has 4 N–H and O–H groups in total. The lowest BCUT2D eigenvalue weighted by Crippen LogP contribution is -2.18. The Morgan fingerprint density at radius 2 is 1.02 bits per heavy atom. The molecular formula is C44H50N2O6S2. The van der Waals surface area contributed by atoms with Gasteiger partial charge < -0.3 is 30.4 Å².